The number of methoxy groups -OCH3 is 1. The molecule has 0 radical (unpaired) electrons. The van der Waals surface area contributed by atoms with Crippen LogP contribution in [-0.2, 0) is 10.8 Å². The number of hydrogen-bond acceptors (Lipinski definition) is 12. The van der Waals surface area contributed by atoms with Crippen LogP contribution in [0.15, 0.2) is 194 Å². The van der Waals surface area contributed by atoms with E-state index >= 15 is 0 Å². The third kappa shape index (κ3) is 11.8. The molecule has 94 heavy (non-hydrogen) atoms. The van der Waals surface area contributed by atoms with Gasteiger partial charge in [0, 0.05) is 23.9 Å². The highest BCUT2D eigenvalue weighted by atomic mass is 16.5. The quantitative estimate of drug-likeness (QED) is 0.0698. The summed E-state index contributed by atoms with van der Waals surface area (Å²) in [7, 11) is 1.47. The fourth-order valence-corrected chi connectivity index (χ4v) is 12.1. The van der Waals surface area contributed by atoms with Gasteiger partial charge >= 0.3 is 0 Å². The molecule has 4 heterocycles. The van der Waals surface area contributed by atoms with Gasteiger partial charge in [0.15, 0.2) is 0 Å². The number of benzene rings is 9. The number of hydrogen-bond donors (Lipinski definition) is 0. The van der Waals surface area contributed by atoms with E-state index in [2.05, 4.69) is 71.0 Å². The predicted octanol–water partition coefficient (Wildman–Crippen LogP) is 16.1. The van der Waals surface area contributed by atoms with Crippen LogP contribution < -0.4 is 28.7 Å². The van der Waals surface area contributed by atoms with Gasteiger partial charge in [0.2, 0.25) is 0 Å². The van der Waals surface area contributed by atoms with Gasteiger partial charge in [-0.2, -0.15) is 0 Å². The van der Waals surface area contributed by atoms with E-state index in [1.807, 2.05) is 74.5 Å². The first-order valence-corrected chi connectivity index (χ1v) is 31.3. The molecule has 0 fully saturated rings. The molecule has 0 spiro atoms. The third-order valence-electron chi connectivity index (χ3n) is 17.9. The minimum absolute atomic E-state index is 0.130. The zero-order chi connectivity index (χ0) is 66.3. The Kier molecular flexibility index (Phi) is 17.0. The Hall–Kier alpha value is -11.3. The number of ether oxygens (including phenoxy) is 4. The minimum Gasteiger partial charge on any atom is -0.497 e. The Morgan fingerprint density at radius 1 is 0.319 bits per heavy atom. The Balaban J connectivity index is 0.000000222. The van der Waals surface area contributed by atoms with Crippen molar-refractivity contribution in [3.63, 3.8) is 0 Å². The molecular weight excluding hydrogens is 1180 g/mol. The maximum Gasteiger partial charge on any atom is 0.266 e. The zero-order valence-corrected chi connectivity index (χ0v) is 53.4. The summed E-state index contributed by atoms with van der Waals surface area (Å²) >= 11 is 0. The second kappa shape index (κ2) is 25.4. The molecule has 0 saturated carbocycles. The average Bonchev–Trinajstić information content (AvgIpc) is 1.61. The number of amides is 8. The van der Waals surface area contributed by atoms with E-state index in [0.29, 0.717) is 75.6 Å². The molecule has 0 atom stereocenters. The first kappa shape index (κ1) is 62.9. The van der Waals surface area contributed by atoms with Crippen LogP contribution >= 0.6 is 0 Å². The average molecular weight is 1250 g/mol. The summed E-state index contributed by atoms with van der Waals surface area (Å²) in [5, 5.41) is 0. The van der Waals surface area contributed by atoms with Crippen molar-refractivity contribution in [2.45, 2.75) is 85.0 Å². The molecule has 0 aliphatic carbocycles. The first-order valence-electron chi connectivity index (χ1n) is 31.3. The monoisotopic (exact) mass is 1250 g/mol. The van der Waals surface area contributed by atoms with E-state index in [9.17, 15) is 38.4 Å². The molecule has 9 aromatic rings. The smallest absolute Gasteiger partial charge is 0.266 e. The van der Waals surface area contributed by atoms with Gasteiger partial charge in [-0.3, -0.25) is 48.2 Å². The molecule has 0 saturated heterocycles. The summed E-state index contributed by atoms with van der Waals surface area (Å²) in [6, 6.07) is 57.6. The highest BCUT2D eigenvalue weighted by Crippen LogP contribution is 2.40. The Bertz CT molecular complexity index is 4550. The number of imide groups is 4. The van der Waals surface area contributed by atoms with E-state index in [-0.39, 0.29) is 62.7 Å². The van der Waals surface area contributed by atoms with Crippen LogP contribution in [0.5, 0.6) is 40.2 Å². The predicted molar refractivity (Wildman–Crippen MR) is 357 cm³/mol. The summed E-state index contributed by atoms with van der Waals surface area (Å²) < 4.78 is 23.5. The number of carbonyl (C=O) groups excluding carboxylic acids is 8. The fourth-order valence-electron chi connectivity index (χ4n) is 12.1. The van der Waals surface area contributed by atoms with Crippen molar-refractivity contribution < 1.29 is 57.3 Å². The molecule has 0 aromatic heterocycles. The van der Waals surface area contributed by atoms with E-state index in [0.717, 1.165) is 46.6 Å². The van der Waals surface area contributed by atoms with Crippen molar-refractivity contribution in [1.82, 2.24) is 9.80 Å². The Morgan fingerprint density at radius 2 is 0.596 bits per heavy atom. The van der Waals surface area contributed by atoms with E-state index in [1.165, 1.54) is 57.9 Å². The van der Waals surface area contributed by atoms with Crippen LogP contribution in [0, 0.1) is 6.92 Å². The van der Waals surface area contributed by atoms with E-state index in [1.54, 1.807) is 72.8 Å². The first-order chi connectivity index (χ1) is 45.2. The third-order valence-corrected chi connectivity index (χ3v) is 17.9. The van der Waals surface area contributed by atoms with Crippen LogP contribution in [-0.4, -0.2) is 77.3 Å². The van der Waals surface area contributed by atoms with Crippen LogP contribution in [0.4, 0.5) is 11.4 Å². The molecule has 16 nitrogen and oxygen atoms in total. The lowest BCUT2D eigenvalue weighted by atomic mass is 9.78. The number of carbonyl (C=O) groups is 8. The lowest BCUT2D eigenvalue weighted by molar-refractivity contribution is 0.0636. The summed E-state index contributed by atoms with van der Waals surface area (Å²) in [5.41, 5.74) is 8.01. The molecule has 4 aliphatic rings. The van der Waals surface area contributed by atoms with Gasteiger partial charge in [0.25, 0.3) is 47.3 Å². The molecule has 13 rings (SSSR count). The molecule has 4 aliphatic heterocycles. The Labute approximate surface area is 544 Å². The molecule has 0 bridgehead atoms. The van der Waals surface area contributed by atoms with Gasteiger partial charge in [-0.15, -0.1) is 0 Å². The topological polar surface area (TPSA) is 186 Å². The van der Waals surface area contributed by atoms with Gasteiger partial charge in [0.1, 0.15) is 40.2 Å². The number of nitrogens with zero attached hydrogens (tertiary/aromatic N) is 4. The zero-order valence-electron chi connectivity index (χ0n) is 53.4. The molecular formula is C78H68N4O12. The van der Waals surface area contributed by atoms with Crippen molar-refractivity contribution >= 4 is 58.6 Å². The highest BCUT2D eigenvalue weighted by molar-refractivity contribution is 6.36. The fraction of sp³-hybridized carbons (Fsp3) is 0.205. The van der Waals surface area contributed by atoms with Crippen molar-refractivity contribution in [3.05, 3.63) is 266 Å². The minimum atomic E-state index is -0.568. The molecule has 9 aromatic carbocycles. The lowest BCUT2D eigenvalue weighted by Crippen LogP contribution is -2.31. The maximum atomic E-state index is 13.8. The molecule has 16 heteroatoms. The van der Waals surface area contributed by atoms with Crippen LogP contribution in [0.25, 0.3) is 0 Å². The second-order valence-electron chi connectivity index (χ2n) is 24.7. The summed E-state index contributed by atoms with van der Waals surface area (Å²) in [6.07, 6.45) is 3.37. The molecule has 472 valence electrons. The normalized spacial score (nSPS) is 14.1. The standard InChI is InChI=1S/C50H39N3O9.C28H29NO3/c1-5-6-24-51-44(54)38-22-19-36(27-41(38)45(51)55)61-33-14-10-29(11-15-33)50(2,3)30-12-16-34(17-13-30)62-37-20-23-40-43(28-37)49(59)53(47(40)57)32-9-7-8-31(25-32)52-46(56)39-21-18-35(60-4)26-42(39)48(52)58;1-5-6-17-29-26(30)24-16-15-23(18-25(24)27(29)31)32-22-13-11-21(12-14-22)28(3,4)20-9-7-19(2)8-10-20/h7-23,25-28H,5-6,24H2,1-4H3;7-16,18H,5-6,17H2,1-4H3. The van der Waals surface area contributed by atoms with Gasteiger partial charge in [-0.05, 0) is 169 Å². The number of aryl methyl sites for hydroxylation is 1. The molecule has 0 unspecified atom stereocenters. The lowest BCUT2D eigenvalue weighted by Gasteiger charge is -2.26. The van der Waals surface area contributed by atoms with Crippen molar-refractivity contribution in [3.8, 4) is 40.2 Å². The largest absolute Gasteiger partial charge is 0.497 e. The van der Waals surface area contributed by atoms with Gasteiger partial charge in [0.05, 0.1) is 63.0 Å². The number of unbranched alkanes of at least 4 members (excludes halogenated alkanes) is 2. The summed E-state index contributed by atoms with van der Waals surface area (Å²) in [5.74, 6) is 0.424. The summed E-state index contributed by atoms with van der Waals surface area (Å²) in [4.78, 5) is 110. The maximum absolute atomic E-state index is 13.8. The van der Waals surface area contributed by atoms with E-state index in [4.69, 9.17) is 18.9 Å². The SMILES string of the molecule is CCCCN1C(=O)c2ccc(Oc3ccc(C(C)(C)c4ccc(C)cc4)cc3)cc2C1=O.CCCCN1C(=O)c2ccc(Oc3ccc(C(C)(C)c4ccc(Oc5ccc6c(c5)C(=O)N(c5cccc(N7C(=O)c8ccc(OC)cc8C7=O)c5)C6=O)cc4)cc3)cc2C1=O. The number of rotatable bonds is 19. The number of fused-ring (bicyclic) bond motifs is 4. The van der Waals surface area contributed by atoms with Gasteiger partial charge < -0.3 is 18.9 Å². The van der Waals surface area contributed by atoms with E-state index < -0.39 is 29.0 Å². The van der Waals surface area contributed by atoms with Crippen molar-refractivity contribution in [2.24, 2.45) is 0 Å². The van der Waals surface area contributed by atoms with Gasteiger partial charge in [-0.25, -0.2) is 9.80 Å². The Morgan fingerprint density at radius 3 is 0.936 bits per heavy atom. The second-order valence-corrected chi connectivity index (χ2v) is 24.7. The van der Waals surface area contributed by atoms with Crippen LogP contribution in [0.1, 0.15) is 178 Å². The number of anilines is 2. The summed E-state index contributed by atoms with van der Waals surface area (Å²) in [6.45, 7) is 15.6. The van der Waals surface area contributed by atoms with Crippen LogP contribution in [0.3, 0.4) is 0 Å². The molecule has 0 N–H and O–H groups in total. The molecule has 8 amide bonds. The van der Waals surface area contributed by atoms with Crippen molar-refractivity contribution in [2.75, 3.05) is 30.0 Å². The van der Waals surface area contributed by atoms with Crippen LogP contribution in [0.2, 0.25) is 0 Å². The highest BCUT2D eigenvalue weighted by Gasteiger charge is 2.41. The van der Waals surface area contributed by atoms with Gasteiger partial charge in [-0.1, -0.05) is 127 Å². The van der Waals surface area contributed by atoms with Crippen molar-refractivity contribution in [1.29, 1.82) is 0 Å².